The van der Waals surface area contributed by atoms with E-state index in [0.29, 0.717) is 6.42 Å². The second-order valence-electron chi connectivity index (χ2n) is 4.38. The van der Waals surface area contributed by atoms with E-state index in [9.17, 15) is 4.79 Å². The molecule has 1 unspecified atom stereocenters. The van der Waals surface area contributed by atoms with Crippen molar-refractivity contribution in [1.29, 1.82) is 0 Å². The molecule has 0 spiro atoms. The first kappa shape index (κ1) is 12.7. The zero-order chi connectivity index (χ0) is 12.1. The van der Waals surface area contributed by atoms with E-state index >= 15 is 0 Å². The van der Waals surface area contributed by atoms with Gasteiger partial charge >= 0.3 is 0 Å². The molecule has 0 radical (unpaired) electrons. The first-order valence-corrected chi connectivity index (χ1v) is 5.61. The Bertz CT molecular complexity index is 372. The molecule has 0 aliphatic carbocycles. The molecule has 0 saturated heterocycles. The summed E-state index contributed by atoms with van der Waals surface area (Å²) in [5.41, 5.74) is 8.74. The molecule has 1 rings (SSSR count). The summed E-state index contributed by atoms with van der Waals surface area (Å²) in [7, 11) is 0. The van der Waals surface area contributed by atoms with Crippen LogP contribution in [0.3, 0.4) is 0 Å². The van der Waals surface area contributed by atoms with E-state index in [4.69, 9.17) is 5.73 Å². The SMILES string of the molecule is Cc1ccc(C)c(NC(=O)CCC(C)N)c1. The Morgan fingerprint density at radius 2 is 2.12 bits per heavy atom. The van der Waals surface area contributed by atoms with Gasteiger partial charge in [0.15, 0.2) is 0 Å². The molecule has 0 fully saturated rings. The molecule has 0 aliphatic heterocycles. The Labute approximate surface area is 97.0 Å². The van der Waals surface area contributed by atoms with Crippen LogP contribution in [-0.4, -0.2) is 11.9 Å². The van der Waals surface area contributed by atoms with Crippen molar-refractivity contribution in [1.82, 2.24) is 0 Å². The molecule has 0 bridgehead atoms. The topological polar surface area (TPSA) is 55.1 Å². The van der Waals surface area contributed by atoms with E-state index in [1.165, 1.54) is 0 Å². The molecule has 3 heteroatoms. The Morgan fingerprint density at radius 3 is 2.75 bits per heavy atom. The fourth-order valence-electron chi connectivity index (χ4n) is 1.44. The molecule has 3 N–H and O–H groups in total. The lowest BCUT2D eigenvalue weighted by Gasteiger charge is -2.10. The highest BCUT2D eigenvalue weighted by Gasteiger charge is 2.06. The number of anilines is 1. The molecular formula is C13H20N2O. The molecular weight excluding hydrogens is 200 g/mol. The summed E-state index contributed by atoms with van der Waals surface area (Å²) in [6.07, 6.45) is 1.20. The second kappa shape index (κ2) is 5.66. The van der Waals surface area contributed by atoms with Crippen molar-refractivity contribution in [3.05, 3.63) is 29.3 Å². The third-order valence-corrected chi connectivity index (χ3v) is 2.49. The standard InChI is InChI=1S/C13H20N2O/c1-9-4-5-10(2)12(8-9)15-13(16)7-6-11(3)14/h4-5,8,11H,6-7,14H2,1-3H3,(H,15,16). The normalized spacial score (nSPS) is 12.2. The number of amides is 1. The van der Waals surface area contributed by atoms with Crippen LogP contribution in [0.2, 0.25) is 0 Å². The lowest BCUT2D eigenvalue weighted by atomic mass is 10.1. The quantitative estimate of drug-likeness (QED) is 0.818. The zero-order valence-corrected chi connectivity index (χ0v) is 10.2. The number of aryl methyl sites for hydroxylation is 2. The van der Waals surface area contributed by atoms with E-state index < -0.39 is 0 Å². The second-order valence-corrected chi connectivity index (χ2v) is 4.38. The van der Waals surface area contributed by atoms with Crippen molar-refractivity contribution in [3.8, 4) is 0 Å². The highest BCUT2D eigenvalue weighted by Crippen LogP contribution is 2.16. The van der Waals surface area contributed by atoms with Crippen molar-refractivity contribution in [2.24, 2.45) is 5.73 Å². The zero-order valence-electron chi connectivity index (χ0n) is 10.2. The highest BCUT2D eigenvalue weighted by molar-refractivity contribution is 5.91. The van der Waals surface area contributed by atoms with Gasteiger partial charge in [-0.1, -0.05) is 12.1 Å². The van der Waals surface area contributed by atoms with Crippen LogP contribution in [0.5, 0.6) is 0 Å². The molecule has 0 saturated carbocycles. The van der Waals surface area contributed by atoms with E-state index in [1.54, 1.807) is 0 Å². The van der Waals surface area contributed by atoms with E-state index in [-0.39, 0.29) is 11.9 Å². The number of hydrogen-bond donors (Lipinski definition) is 2. The number of rotatable bonds is 4. The largest absolute Gasteiger partial charge is 0.328 e. The molecule has 1 atom stereocenters. The first-order chi connectivity index (χ1) is 7.49. The van der Waals surface area contributed by atoms with Crippen molar-refractivity contribution >= 4 is 11.6 Å². The summed E-state index contributed by atoms with van der Waals surface area (Å²) in [4.78, 5) is 11.6. The average Bonchev–Trinajstić information content (AvgIpc) is 2.20. The summed E-state index contributed by atoms with van der Waals surface area (Å²) in [5, 5.41) is 2.91. The van der Waals surface area contributed by atoms with Crippen LogP contribution < -0.4 is 11.1 Å². The smallest absolute Gasteiger partial charge is 0.224 e. The van der Waals surface area contributed by atoms with Crippen molar-refractivity contribution in [2.75, 3.05) is 5.32 Å². The maximum atomic E-state index is 11.6. The highest BCUT2D eigenvalue weighted by atomic mass is 16.1. The summed E-state index contributed by atoms with van der Waals surface area (Å²) in [6.45, 7) is 5.91. The van der Waals surface area contributed by atoms with Crippen molar-refractivity contribution < 1.29 is 4.79 Å². The van der Waals surface area contributed by atoms with Crippen LogP contribution >= 0.6 is 0 Å². The van der Waals surface area contributed by atoms with Gasteiger partial charge in [0.2, 0.25) is 5.91 Å². The minimum Gasteiger partial charge on any atom is -0.328 e. The van der Waals surface area contributed by atoms with Gasteiger partial charge in [-0.15, -0.1) is 0 Å². The third kappa shape index (κ3) is 4.03. The van der Waals surface area contributed by atoms with Crippen LogP contribution in [-0.2, 0) is 4.79 Å². The maximum absolute atomic E-state index is 11.6. The number of nitrogens with two attached hydrogens (primary N) is 1. The fraction of sp³-hybridized carbons (Fsp3) is 0.462. The number of carbonyl (C=O) groups excluding carboxylic acids is 1. The maximum Gasteiger partial charge on any atom is 0.224 e. The van der Waals surface area contributed by atoms with Crippen LogP contribution in [0.4, 0.5) is 5.69 Å². The molecule has 0 aromatic heterocycles. The summed E-state index contributed by atoms with van der Waals surface area (Å²) < 4.78 is 0. The fourth-order valence-corrected chi connectivity index (χ4v) is 1.44. The Balaban J connectivity index is 2.59. The van der Waals surface area contributed by atoms with E-state index in [1.807, 2.05) is 39.0 Å². The third-order valence-electron chi connectivity index (χ3n) is 2.49. The molecule has 16 heavy (non-hydrogen) atoms. The van der Waals surface area contributed by atoms with E-state index in [0.717, 1.165) is 23.2 Å². The number of nitrogens with one attached hydrogen (secondary N) is 1. The average molecular weight is 220 g/mol. The van der Waals surface area contributed by atoms with Gasteiger partial charge in [0, 0.05) is 18.2 Å². The van der Waals surface area contributed by atoms with Gasteiger partial charge in [-0.3, -0.25) is 4.79 Å². The molecule has 3 nitrogen and oxygen atoms in total. The predicted molar refractivity (Wildman–Crippen MR) is 67.4 cm³/mol. The molecule has 0 heterocycles. The number of carbonyl (C=O) groups is 1. The van der Waals surface area contributed by atoms with Gasteiger partial charge in [-0.05, 0) is 44.4 Å². The van der Waals surface area contributed by atoms with Gasteiger partial charge in [-0.25, -0.2) is 0 Å². The van der Waals surface area contributed by atoms with Crippen LogP contribution in [0.15, 0.2) is 18.2 Å². The van der Waals surface area contributed by atoms with Crippen LogP contribution in [0.1, 0.15) is 30.9 Å². The monoisotopic (exact) mass is 220 g/mol. The molecule has 0 aliphatic rings. The molecule has 1 aromatic carbocycles. The van der Waals surface area contributed by atoms with Crippen LogP contribution in [0, 0.1) is 13.8 Å². The van der Waals surface area contributed by atoms with Gasteiger partial charge in [0.1, 0.15) is 0 Å². The van der Waals surface area contributed by atoms with Gasteiger partial charge in [0.25, 0.3) is 0 Å². The molecule has 1 amide bonds. The lowest BCUT2D eigenvalue weighted by Crippen LogP contribution is -2.19. The predicted octanol–water partition coefficient (Wildman–Crippen LogP) is 2.37. The number of benzene rings is 1. The van der Waals surface area contributed by atoms with E-state index in [2.05, 4.69) is 5.32 Å². The lowest BCUT2D eigenvalue weighted by molar-refractivity contribution is -0.116. The Kier molecular flexibility index (Phi) is 4.50. The van der Waals surface area contributed by atoms with Gasteiger partial charge < -0.3 is 11.1 Å². The summed E-state index contributed by atoms with van der Waals surface area (Å²) >= 11 is 0. The minimum atomic E-state index is 0.0333. The summed E-state index contributed by atoms with van der Waals surface area (Å²) in [5.74, 6) is 0.0333. The first-order valence-electron chi connectivity index (χ1n) is 5.61. The Hall–Kier alpha value is -1.35. The molecule has 1 aromatic rings. The van der Waals surface area contributed by atoms with Gasteiger partial charge in [-0.2, -0.15) is 0 Å². The molecule has 88 valence electrons. The minimum absolute atomic E-state index is 0.0333. The Morgan fingerprint density at radius 1 is 1.44 bits per heavy atom. The van der Waals surface area contributed by atoms with Crippen molar-refractivity contribution in [3.63, 3.8) is 0 Å². The van der Waals surface area contributed by atoms with Crippen molar-refractivity contribution in [2.45, 2.75) is 39.7 Å². The van der Waals surface area contributed by atoms with Gasteiger partial charge in [0.05, 0.1) is 0 Å². The summed E-state index contributed by atoms with van der Waals surface area (Å²) in [6, 6.07) is 6.10. The van der Waals surface area contributed by atoms with Crippen LogP contribution in [0.25, 0.3) is 0 Å². The number of hydrogen-bond acceptors (Lipinski definition) is 2.